The van der Waals surface area contributed by atoms with Crippen molar-refractivity contribution < 1.29 is 19.4 Å². The number of halogens is 1. The standard InChI is InChI=1S/C21H24ClN3O4/c1-13-5-4-6-16(14-7-8-14)17(13)28-18-21(3,15-9-10-23-24-11-15)29-20(2,22)12-25(18)19(26)27/h4-6,9-11,14,18H,7-8,12H2,1-3H3,(H,26,27). The second kappa shape index (κ2) is 7.15. The van der Waals surface area contributed by atoms with Crippen LogP contribution in [0.3, 0.4) is 0 Å². The van der Waals surface area contributed by atoms with Crippen molar-refractivity contribution in [1.82, 2.24) is 15.1 Å². The molecule has 2 heterocycles. The van der Waals surface area contributed by atoms with Crippen LogP contribution in [0.1, 0.15) is 49.3 Å². The predicted octanol–water partition coefficient (Wildman–Crippen LogP) is 4.25. The number of hydrogen-bond donors (Lipinski definition) is 1. The van der Waals surface area contributed by atoms with Crippen LogP contribution in [0.5, 0.6) is 5.75 Å². The Morgan fingerprint density at radius 2 is 2.07 bits per heavy atom. The van der Waals surface area contributed by atoms with E-state index in [1.807, 2.05) is 25.1 Å². The number of alkyl halides is 1. The number of benzene rings is 1. The summed E-state index contributed by atoms with van der Waals surface area (Å²) in [5, 5.41) is 16.5. The number of aromatic nitrogens is 2. The zero-order valence-corrected chi connectivity index (χ0v) is 17.4. The van der Waals surface area contributed by atoms with Gasteiger partial charge in [-0.1, -0.05) is 29.8 Å². The molecule has 7 nitrogen and oxygen atoms in total. The van der Waals surface area contributed by atoms with Gasteiger partial charge in [0.25, 0.3) is 0 Å². The third-order valence-electron chi connectivity index (χ3n) is 5.52. The van der Waals surface area contributed by atoms with Crippen molar-refractivity contribution in [3.8, 4) is 5.75 Å². The molecule has 1 saturated heterocycles. The number of carbonyl (C=O) groups is 1. The van der Waals surface area contributed by atoms with E-state index in [0.717, 1.165) is 24.0 Å². The molecule has 2 aliphatic rings. The Morgan fingerprint density at radius 3 is 2.69 bits per heavy atom. The van der Waals surface area contributed by atoms with E-state index in [2.05, 4.69) is 10.2 Å². The van der Waals surface area contributed by atoms with Gasteiger partial charge in [-0.2, -0.15) is 10.2 Å². The molecule has 3 unspecified atom stereocenters. The molecule has 0 spiro atoms. The summed E-state index contributed by atoms with van der Waals surface area (Å²) in [6.07, 6.45) is 3.23. The van der Waals surface area contributed by atoms with E-state index in [9.17, 15) is 9.90 Å². The monoisotopic (exact) mass is 417 g/mol. The summed E-state index contributed by atoms with van der Waals surface area (Å²) in [5.74, 6) is 1.15. The molecule has 154 valence electrons. The molecule has 8 heteroatoms. The second-order valence-electron chi connectivity index (χ2n) is 8.09. The van der Waals surface area contributed by atoms with Crippen LogP contribution in [0.25, 0.3) is 0 Å². The molecule has 1 aliphatic carbocycles. The molecule has 0 radical (unpaired) electrons. The molecule has 1 amide bonds. The highest BCUT2D eigenvalue weighted by atomic mass is 35.5. The Morgan fingerprint density at radius 1 is 1.31 bits per heavy atom. The van der Waals surface area contributed by atoms with Gasteiger partial charge >= 0.3 is 6.09 Å². The van der Waals surface area contributed by atoms with Gasteiger partial charge in [0.05, 0.1) is 12.7 Å². The molecule has 1 saturated carbocycles. The number of aryl methyl sites for hydroxylation is 1. The fraction of sp³-hybridized carbons (Fsp3) is 0.476. The lowest BCUT2D eigenvalue weighted by molar-refractivity contribution is -0.236. The number of para-hydroxylation sites is 1. The van der Waals surface area contributed by atoms with E-state index < -0.39 is 23.0 Å². The topological polar surface area (TPSA) is 84.8 Å². The molecular weight excluding hydrogens is 394 g/mol. The summed E-state index contributed by atoms with van der Waals surface area (Å²) in [7, 11) is 0. The molecule has 1 aromatic heterocycles. The number of ether oxygens (including phenoxy) is 2. The average Bonchev–Trinajstić information content (AvgIpc) is 3.50. The van der Waals surface area contributed by atoms with Gasteiger partial charge in [0.2, 0.25) is 6.23 Å². The average molecular weight is 418 g/mol. The van der Waals surface area contributed by atoms with E-state index in [-0.39, 0.29) is 6.54 Å². The van der Waals surface area contributed by atoms with Crippen LogP contribution >= 0.6 is 11.6 Å². The van der Waals surface area contributed by atoms with Gasteiger partial charge in [0, 0.05) is 11.8 Å². The lowest BCUT2D eigenvalue weighted by Crippen LogP contribution is -2.65. The van der Waals surface area contributed by atoms with Crippen LogP contribution in [0.2, 0.25) is 0 Å². The van der Waals surface area contributed by atoms with E-state index in [1.165, 1.54) is 11.1 Å². The quantitative estimate of drug-likeness (QED) is 0.748. The Labute approximate surface area is 174 Å². The Balaban J connectivity index is 1.82. The number of carboxylic acid groups (broad SMARTS) is 1. The second-order valence-corrected chi connectivity index (χ2v) is 8.89. The van der Waals surface area contributed by atoms with Crippen molar-refractivity contribution in [2.75, 3.05) is 6.54 Å². The van der Waals surface area contributed by atoms with Crippen LogP contribution in [-0.2, 0) is 10.3 Å². The summed E-state index contributed by atoms with van der Waals surface area (Å²) >= 11 is 6.52. The van der Waals surface area contributed by atoms with Crippen LogP contribution < -0.4 is 4.74 Å². The van der Waals surface area contributed by atoms with Crippen molar-refractivity contribution in [2.24, 2.45) is 0 Å². The first-order chi connectivity index (χ1) is 13.7. The first-order valence-electron chi connectivity index (χ1n) is 9.63. The zero-order chi connectivity index (χ0) is 20.8. The molecule has 1 aliphatic heterocycles. The minimum Gasteiger partial charge on any atom is -0.466 e. The first-order valence-corrected chi connectivity index (χ1v) is 10.0. The van der Waals surface area contributed by atoms with Crippen LogP contribution in [0.4, 0.5) is 4.79 Å². The summed E-state index contributed by atoms with van der Waals surface area (Å²) in [6, 6.07) is 7.75. The third kappa shape index (κ3) is 3.76. The summed E-state index contributed by atoms with van der Waals surface area (Å²) < 4.78 is 12.7. The van der Waals surface area contributed by atoms with E-state index in [0.29, 0.717) is 17.2 Å². The van der Waals surface area contributed by atoms with E-state index in [1.54, 1.807) is 26.1 Å². The summed E-state index contributed by atoms with van der Waals surface area (Å²) in [5.41, 5.74) is 1.50. The number of morpholine rings is 1. The molecule has 1 N–H and O–H groups in total. The molecule has 3 atom stereocenters. The fourth-order valence-electron chi connectivity index (χ4n) is 4.00. The minimum absolute atomic E-state index is 0.0344. The van der Waals surface area contributed by atoms with Gasteiger partial charge in [-0.25, -0.2) is 4.79 Å². The smallest absolute Gasteiger partial charge is 0.410 e. The number of amides is 1. The van der Waals surface area contributed by atoms with Crippen molar-refractivity contribution in [2.45, 2.75) is 56.4 Å². The Hall–Kier alpha value is -2.38. The highest BCUT2D eigenvalue weighted by Gasteiger charge is 2.55. The molecule has 4 rings (SSSR count). The molecule has 0 bridgehead atoms. The maximum atomic E-state index is 12.2. The first kappa shape index (κ1) is 19.9. The molecule has 2 fully saturated rings. The van der Waals surface area contributed by atoms with Gasteiger partial charge in [-0.05, 0) is 56.7 Å². The third-order valence-corrected chi connectivity index (χ3v) is 5.72. The van der Waals surface area contributed by atoms with Crippen LogP contribution in [-0.4, -0.2) is 44.1 Å². The molecule has 1 aromatic carbocycles. The van der Waals surface area contributed by atoms with Gasteiger partial charge in [-0.15, -0.1) is 0 Å². The normalized spacial score (nSPS) is 29.5. The lowest BCUT2D eigenvalue weighted by atomic mass is 9.92. The van der Waals surface area contributed by atoms with Crippen LogP contribution in [0, 0.1) is 6.92 Å². The highest BCUT2D eigenvalue weighted by molar-refractivity contribution is 6.23. The van der Waals surface area contributed by atoms with Crippen LogP contribution in [0.15, 0.2) is 36.7 Å². The van der Waals surface area contributed by atoms with E-state index >= 15 is 0 Å². The highest BCUT2D eigenvalue weighted by Crippen LogP contribution is 2.48. The summed E-state index contributed by atoms with van der Waals surface area (Å²) in [6.45, 7) is 5.36. The van der Waals surface area contributed by atoms with Crippen molar-refractivity contribution in [3.05, 3.63) is 53.3 Å². The predicted molar refractivity (Wildman–Crippen MR) is 107 cm³/mol. The van der Waals surface area contributed by atoms with Gasteiger partial charge in [0.15, 0.2) is 10.7 Å². The van der Waals surface area contributed by atoms with Gasteiger partial charge in [-0.3, -0.25) is 4.90 Å². The number of hydrogen-bond acceptors (Lipinski definition) is 5. The maximum Gasteiger partial charge on any atom is 0.410 e. The SMILES string of the molecule is Cc1cccc(C2CC2)c1OC1N(C(=O)O)CC(C)(Cl)OC1(C)c1ccnnc1. The van der Waals surface area contributed by atoms with Crippen molar-refractivity contribution in [3.63, 3.8) is 0 Å². The maximum absolute atomic E-state index is 12.2. The van der Waals surface area contributed by atoms with Crippen molar-refractivity contribution in [1.29, 1.82) is 0 Å². The largest absolute Gasteiger partial charge is 0.466 e. The Kier molecular flexibility index (Phi) is 4.91. The lowest BCUT2D eigenvalue weighted by Gasteiger charge is -2.51. The zero-order valence-electron chi connectivity index (χ0n) is 16.6. The Bertz CT molecular complexity index is 919. The fourth-order valence-corrected chi connectivity index (χ4v) is 4.29. The number of rotatable bonds is 4. The minimum atomic E-state index is -1.22. The van der Waals surface area contributed by atoms with Crippen molar-refractivity contribution >= 4 is 17.7 Å². The molecule has 2 aromatic rings. The molecular formula is C21H24ClN3O4. The molecule has 29 heavy (non-hydrogen) atoms. The van der Waals surface area contributed by atoms with Gasteiger partial charge < -0.3 is 14.6 Å². The van der Waals surface area contributed by atoms with Gasteiger partial charge in [0.1, 0.15) is 5.75 Å². The summed E-state index contributed by atoms with van der Waals surface area (Å²) in [4.78, 5) is 13.4. The van der Waals surface area contributed by atoms with E-state index in [4.69, 9.17) is 21.1 Å². The number of nitrogens with zero attached hydrogens (tertiary/aromatic N) is 3.